The molecular formula is C22H28O8. The van der Waals surface area contributed by atoms with E-state index in [-0.39, 0.29) is 25.0 Å². The van der Waals surface area contributed by atoms with Gasteiger partial charge < -0.3 is 24.4 Å². The van der Waals surface area contributed by atoms with E-state index in [9.17, 15) is 24.6 Å². The molecule has 164 valence electrons. The van der Waals surface area contributed by atoms with Crippen LogP contribution in [0.2, 0.25) is 0 Å². The fraction of sp³-hybridized carbons (Fsp3) is 0.591. The molecular weight excluding hydrogens is 392 g/mol. The average molecular weight is 420 g/mol. The first-order chi connectivity index (χ1) is 14.0. The Morgan fingerprint density at radius 2 is 1.67 bits per heavy atom. The van der Waals surface area contributed by atoms with E-state index >= 15 is 0 Å². The van der Waals surface area contributed by atoms with E-state index in [1.54, 1.807) is 26.8 Å². The Balaban J connectivity index is 2.18. The van der Waals surface area contributed by atoms with Crippen molar-refractivity contribution < 1.29 is 38.8 Å². The summed E-state index contributed by atoms with van der Waals surface area (Å²) >= 11 is 0. The lowest BCUT2D eigenvalue weighted by Crippen LogP contribution is -2.53. The molecule has 2 fully saturated rings. The second-order valence-corrected chi connectivity index (χ2v) is 8.64. The van der Waals surface area contributed by atoms with E-state index in [0.29, 0.717) is 11.5 Å². The van der Waals surface area contributed by atoms with Crippen LogP contribution in [0.3, 0.4) is 0 Å². The van der Waals surface area contributed by atoms with Crippen molar-refractivity contribution in [2.45, 2.75) is 45.3 Å². The second-order valence-electron chi connectivity index (χ2n) is 8.64. The van der Waals surface area contributed by atoms with Crippen LogP contribution < -0.4 is 9.47 Å². The number of aliphatic hydroxyl groups is 2. The first kappa shape index (κ1) is 22.2. The van der Waals surface area contributed by atoms with Crippen LogP contribution in [0.5, 0.6) is 11.5 Å². The lowest BCUT2D eigenvalue weighted by molar-refractivity contribution is -0.181. The number of Topliss-reactive ketones (excluding diaryl/α,β-unsaturated/α-hetero) is 2. The quantitative estimate of drug-likeness (QED) is 0.404. The molecule has 1 aromatic rings. The lowest BCUT2D eigenvalue weighted by atomic mass is 9.70. The van der Waals surface area contributed by atoms with Crippen LogP contribution in [0.4, 0.5) is 0 Å². The number of carbonyl (C=O) groups is 3. The van der Waals surface area contributed by atoms with Crippen molar-refractivity contribution in [2.24, 2.45) is 16.7 Å². The number of rotatable bonds is 6. The summed E-state index contributed by atoms with van der Waals surface area (Å²) in [6, 6.07) is 4.54. The molecule has 3 rings (SSSR count). The Morgan fingerprint density at radius 1 is 1.10 bits per heavy atom. The minimum Gasteiger partial charge on any atom is -0.497 e. The highest BCUT2D eigenvalue weighted by atomic mass is 16.6. The Labute approximate surface area is 175 Å². The van der Waals surface area contributed by atoms with Gasteiger partial charge >= 0.3 is 5.97 Å². The van der Waals surface area contributed by atoms with Crippen LogP contribution >= 0.6 is 0 Å². The highest BCUT2D eigenvalue weighted by Gasteiger charge is 2.76. The molecule has 0 saturated heterocycles. The Hall–Kier alpha value is -2.45. The lowest BCUT2D eigenvalue weighted by Gasteiger charge is -2.32. The Bertz CT molecular complexity index is 869. The number of esters is 1. The summed E-state index contributed by atoms with van der Waals surface area (Å²) in [7, 11) is 2.87. The van der Waals surface area contributed by atoms with Crippen molar-refractivity contribution in [1.82, 2.24) is 0 Å². The number of ketones is 2. The molecule has 4 unspecified atom stereocenters. The van der Waals surface area contributed by atoms with E-state index in [0.717, 1.165) is 0 Å². The van der Waals surface area contributed by atoms with Crippen LogP contribution in [0.25, 0.3) is 0 Å². The van der Waals surface area contributed by atoms with E-state index in [1.165, 1.54) is 26.4 Å². The SMILES string of the molecule is CCOC(=O)C1(O)C(O)CC2(C(=O)c3cc(OC)cc(OC)c3)C(=O)C(C)(C)CC21. The fourth-order valence-electron chi connectivity index (χ4n) is 5.07. The standard InChI is InChI=1S/C22H28O8/c1-6-30-19(26)22(27)15-10-20(2,3)18(25)21(15,11-16(22)23)17(24)12-7-13(28-4)9-14(8-12)29-5/h7-9,15-16,23,27H,6,10-11H2,1-5H3. The number of methoxy groups -OCH3 is 2. The summed E-state index contributed by atoms with van der Waals surface area (Å²) in [5.74, 6) is -2.42. The molecule has 2 N–H and O–H groups in total. The zero-order valence-corrected chi connectivity index (χ0v) is 17.9. The molecule has 4 atom stereocenters. The molecule has 0 bridgehead atoms. The van der Waals surface area contributed by atoms with Gasteiger partial charge in [0, 0.05) is 23.0 Å². The fourth-order valence-corrected chi connectivity index (χ4v) is 5.07. The van der Waals surface area contributed by atoms with Crippen molar-refractivity contribution in [3.05, 3.63) is 23.8 Å². The molecule has 0 heterocycles. The number of fused-ring (bicyclic) bond motifs is 1. The zero-order valence-electron chi connectivity index (χ0n) is 17.9. The van der Waals surface area contributed by atoms with Gasteiger partial charge in [-0.3, -0.25) is 9.59 Å². The van der Waals surface area contributed by atoms with E-state index in [4.69, 9.17) is 14.2 Å². The molecule has 2 saturated carbocycles. The van der Waals surface area contributed by atoms with E-state index < -0.39 is 46.0 Å². The molecule has 0 aliphatic heterocycles. The number of carbonyl (C=O) groups excluding carboxylic acids is 3. The third-order valence-electron chi connectivity index (χ3n) is 6.50. The highest BCUT2D eigenvalue weighted by molar-refractivity contribution is 6.19. The molecule has 1 aromatic carbocycles. The van der Waals surface area contributed by atoms with Crippen LogP contribution in [-0.2, 0) is 14.3 Å². The molecule has 0 aromatic heterocycles. The zero-order chi connectivity index (χ0) is 22.5. The first-order valence-electron chi connectivity index (χ1n) is 9.89. The molecule has 30 heavy (non-hydrogen) atoms. The maximum Gasteiger partial charge on any atom is 0.341 e. The average Bonchev–Trinajstić information content (AvgIpc) is 3.07. The van der Waals surface area contributed by atoms with Gasteiger partial charge in [-0.2, -0.15) is 0 Å². The van der Waals surface area contributed by atoms with Gasteiger partial charge in [0.05, 0.1) is 26.9 Å². The number of aliphatic hydroxyl groups excluding tert-OH is 1. The number of hydrogen-bond acceptors (Lipinski definition) is 8. The van der Waals surface area contributed by atoms with Crippen LogP contribution in [0.15, 0.2) is 18.2 Å². The van der Waals surface area contributed by atoms with Gasteiger partial charge in [-0.1, -0.05) is 13.8 Å². The number of hydrogen-bond donors (Lipinski definition) is 2. The van der Waals surface area contributed by atoms with Crippen molar-refractivity contribution in [3.8, 4) is 11.5 Å². The van der Waals surface area contributed by atoms with Gasteiger partial charge in [0.25, 0.3) is 0 Å². The van der Waals surface area contributed by atoms with Gasteiger partial charge in [-0.25, -0.2) is 4.79 Å². The molecule has 8 heteroatoms. The minimum absolute atomic E-state index is 0.00798. The van der Waals surface area contributed by atoms with Crippen molar-refractivity contribution in [2.75, 3.05) is 20.8 Å². The summed E-state index contributed by atoms with van der Waals surface area (Å²) in [4.78, 5) is 39.9. The smallest absolute Gasteiger partial charge is 0.341 e. The summed E-state index contributed by atoms with van der Waals surface area (Å²) in [6.45, 7) is 4.92. The van der Waals surface area contributed by atoms with Gasteiger partial charge in [-0.05, 0) is 31.9 Å². The van der Waals surface area contributed by atoms with Gasteiger partial charge in [0.2, 0.25) is 0 Å². The van der Waals surface area contributed by atoms with Crippen molar-refractivity contribution in [3.63, 3.8) is 0 Å². The normalized spacial score (nSPS) is 31.9. The molecule has 8 nitrogen and oxygen atoms in total. The molecule has 0 radical (unpaired) electrons. The summed E-state index contributed by atoms with van der Waals surface area (Å²) in [5.41, 5.74) is -4.94. The molecule has 2 aliphatic carbocycles. The number of ether oxygens (including phenoxy) is 3. The summed E-state index contributed by atoms with van der Waals surface area (Å²) < 4.78 is 15.5. The summed E-state index contributed by atoms with van der Waals surface area (Å²) in [6.07, 6.45) is -1.92. The van der Waals surface area contributed by atoms with Crippen molar-refractivity contribution >= 4 is 17.5 Å². The Morgan fingerprint density at radius 3 is 2.17 bits per heavy atom. The Kier molecular flexibility index (Phi) is 5.45. The van der Waals surface area contributed by atoms with Gasteiger partial charge in [0.15, 0.2) is 17.2 Å². The van der Waals surface area contributed by atoms with E-state index in [2.05, 4.69) is 0 Å². The maximum atomic E-state index is 13.8. The molecule has 0 amide bonds. The van der Waals surface area contributed by atoms with Gasteiger partial charge in [0.1, 0.15) is 16.9 Å². The predicted octanol–water partition coefficient (Wildman–Crippen LogP) is 1.55. The summed E-state index contributed by atoms with van der Waals surface area (Å²) in [5, 5.41) is 22.0. The largest absolute Gasteiger partial charge is 0.497 e. The molecule has 0 spiro atoms. The predicted molar refractivity (Wildman–Crippen MR) is 105 cm³/mol. The monoisotopic (exact) mass is 420 g/mol. The number of benzene rings is 1. The first-order valence-corrected chi connectivity index (χ1v) is 9.89. The maximum absolute atomic E-state index is 13.8. The van der Waals surface area contributed by atoms with Crippen LogP contribution in [0.1, 0.15) is 44.0 Å². The van der Waals surface area contributed by atoms with Crippen molar-refractivity contribution in [1.29, 1.82) is 0 Å². The highest BCUT2D eigenvalue weighted by Crippen LogP contribution is 2.63. The minimum atomic E-state index is -2.35. The topological polar surface area (TPSA) is 119 Å². The molecule has 2 aliphatic rings. The van der Waals surface area contributed by atoms with Gasteiger partial charge in [-0.15, -0.1) is 0 Å². The van der Waals surface area contributed by atoms with Crippen LogP contribution in [-0.4, -0.2) is 60.3 Å². The second kappa shape index (κ2) is 7.35. The van der Waals surface area contributed by atoms with E-state index in [1.807, 2.05) is 0 Å². The third-order valence-corrected chi connectivity index (χ3v) is 6.50. The third kappa shape index (κ3) is 2.93. The van der Waals surface area contributed by atoms with Crippen LogP contribution in [0, 0.1) is 16.7 Å².